The molecular formula is C26H22BrN3O2. The van der Waals surface area contributed by atoms with Crippen LogP contribution < -0.4 is 10.5 Å². The zero-order valence-electron chi connectivity index (χ0n) is 17.7. The molecule has 5 rings (SSSR count). The van der Waals surface area contributed by atoms with Crippen molar-refractivity contribution >= 4 is 38.4 Å². The molecule has 5 nitrogen and oxygen atoms in total. The standard InChI is InChI=1S/C26H22BrN3O2/c1-2-29-24(28-22-11-7-6-10-19(22)25(29)31)15-21-20-14-18(27)12-13-23(20)30(26(21)32)16-17-8-4-3-5-9-17/h3-14,21H,2,15-16H2,1H3/t21-/m1/s1. The Balaban J connectivity index is 1.58. The first kappa shape index (κ1) is 20.6. The van der Waals surface area contributed by atoms with Crippen LogP contribution in [0.1, 0.15) is 29.8 Å². The van der Waals surface area contributed by atoms with Crippen molar-refractivity contribution < 1.29 is 4.79 Å². The predicted molar refractivity (Wildman–Crippen MR) is 130 cm³/mol. The summed E-state index contributed by atoms with van der Waals surface area (Å²) in [4.78, 5) is 33.3. The molecule has 1 amide bonds. The minimum atomic E-state index is -0.392. The highest BCUT2D eigenvalue weighted by Gasteiger charge is 2.38. The molecule has 0 spiro atoms. The van der Waals surface area contributed by atoms with Crippen LogP contribution in [0.3, 0.4) is 0 Å². The van der Waals surface area contributed by atoms with E-state index in [9.17, 15) is 9.59 Å². The second-order valence-corrected chi connectivity index (χ2v) is 8.88. The van der Waals surface area contributed by atoms with Crippen molar-refractivity contribution in [3.05, 3.63) is 105 Å². The van der Waals surface area contributed by atoms with E-state index >= 15 is 0 Å². The lowest BCUT2D eigenvalue weighted by Crippen LogP contribution is -2.31. The van der Waals surface area contributed by atoms with Gasteiger partial charge in [-0.2, -0.15) is 0 Å². The van der Waals surface area contributed by atoms with Crippen LogP contribution in [0.25, 0.3) is 10.9 Å². The van der Waals surface area contributed by atoms with Crippen molar-refractivity contribution in [3.63, 3.8) is 0 Å². The topological polar surface area (TPSA) is 55.2 Å². The normalized spacial score (nSPS) is 15.4. The number of para-hydroxylation sites is 1. The Morgan fingerprint density at radius 2 is 1.72 bits per heavy atom. The third-order valence-corrected chi connectivity index (χ3v) is 6.54. The van der Waals surface area contributed by atoms with Gasteiger partial charge in [0.1, 0.15) is 5.82 Å². The van der Waals surface area contributed by atoms with Gasteiger partial charge in [-0.1, -0.05) is 58.4 Å². The van der Waals surface area contributed by atoms with Crippen LogP contribution in [0.2, 0.25) is 0 Å². The molecule has 3 aromatic carbocycles. The number of halogens is 1. The van der Waals surface area contributed by atoms with E-state index in [1.54, 1.807) is 10.6 Å². The van der Waals surface area contributed by atoms with Crippen molar-refractivity contribution in [2.75, 3.05) is 4.90 Å². The third kappa shape index (κ3) is 3.54. The lowest BCUT2D eigenvalue weighted by molar-refractivity contribution is -0.119. The van der Waals surface area contributed by atoms with Gasteiger partial charge < -0.3 is 4.90 Å². The van der Waals surface area contributed by atoms with Gasteiger partial charge in [-0.3, -0.25) is 14.2 Å². The molecule has 1 aromatic heterocycles. The largest absolute Gasteiger partial charge is 0.307 e. The molecule has 0 bridgehead atoms. The first-order valence-electron chi connectivity index (χ1n) is 10.7. The van der Waals surface area contributed by atoms with Crippen molar-refractivity contribution in [1.29, 1.82) is 0 Å². The number of carbonyl (C=O) groups excluding carboxylic acids is 1. The molecular weight excluding hydrogens is 466 g/mol. The molecule has 1 aliphatic rings. The van der Waals surface area contributed by atoms with Gasteiger partial charge in [0.15, 0.2) is 0 Å². The summed E-state index contributed by atoms with van der Waals surface area (Å²) in [6.07, 6.45) is 0.376. The quantitative estimate of drug-likeness (QED) is 0.395. The SMILES string of the molecule is CCn1c(C[C@H]2C(=O)N(Cc3ccccc3)c3ccc(Br)cc32)nc2ccccc2c1=O. The average molecular weight is 488 g/mol. The lowest BCUT2D eigenvalue weighted by atomic mass is 9.96. The summed E-state index contributed by atoms with van der Waals surface area (Å²) in [7, 11) is 0. The van der Waals surface area contributed by atoms with E-state index in [1.807, 2.05) is 78.6 Å². The van der Waals surface area contributed by atoms with Crippen LogP contribution in [0.15, 0.2) is 82.1 Å². The van der Waals surface area contributed by atoms with Crippen LogP contribution >= 0.6 is 15.9 Å². The van der Waals surface area contributed by atoms with Gasteiger partial charge >= 0.3 is 0 Å². The maximum atomic E-state index is 13.6. The van der Waals surface area contributed by atoms with Gasteiger partial charge in [-0.15, -0.1) is 0 Å². The van der Waals surface area contributed by atoms with E-state index in [0.717, 1.165) is 21.3 Å². The zero-order valence-corrected chi connectivity index (χ0v) is 19.2. The highest BCUT2D eigenvalue weighted by atomic mass is 79.9. The Kier molecular flexibility index (Phi) is 5.39. The first-order valence-corrected chi connectivity index (χ1v) is 11.5. The minimum Gasteiger partial charge on any atom is -0.307 e. The Bertz CT molecular complexity index is 1380. The Morgan fingerprint density at radius 3 is 2.50 bits per heavy atom. The second kappa shape index (κ2) is 8.36. The monoisotopic (exact) mass is 487 g/mol. The number of amides is 1. The fraction of sp³-hybridized carbons (Fsp3) is 0.192. The summed E-state index contributed by atoms with van der Waals surface area (Å²) in [6, 6.07) is 23.3. The predicted octanol–water partition coefficient (Wildman–Crippen LogP) is 5.05. The molecule has 6 heteroatoms. The summed E-state index contributed by atoms with van der Waals surface area (Å²) >= 11 is 3.56. The summed E-state index contributed by atoms with van der Waals surface area (Å²) < 4.78 is 2.61. The Labute approximate surface area is 194 Å². The first-order chi connectivity index (χ1) is 15.6. The molecule has 1 atom stereocenters. The van der Waals surface area contributed by atoms with Gasteiger partial charge in [0, 0.05) is 23.1 Å². The molecule has 2 heterocycles. The molecule has 0 saturated carbocycles. The number of rotatable bonds is 5. The van der Waals surface area contributed by atoms with E-state index in [1.165, 1.54) is 0 Å². The highest BCUT2D eigenvalue weighted by molar-refractivity contribution is 9.10. The smallest absolute Gasteiger partial charge is 0.261 e. The van der Waals surface area contributed by atoms with Gasteiger partial charge in [0.05, 0.1) is 23.4 Å². The molecule has 0 aliphatic carbocycles. The number of hydrogen-bond acceptors (Lipinski definition) is 3. The molecule has 0 unspecified atom stereocenters. The third-order valence-electron chi connectivity index (χ3n) is 6.05. The van der Waals surface area contributed by atoms with Crippen LogP contribution in [0.4, 0.5) is 5.69 Å². The molecule has 0 N–H and O–H groups in total. The summed E-state index contributed by atoms with van der Waals surface area (Å²) in [5.74, 6) is 0.283. The van der Waals surface area contributed by atoms with Crippen LogP contribution in [-0.4, -0.2) is 15.5 Å². The maximum absolute atomic E-state index is 13.6. The van der Waals surface area contributed by atoms with Gasteiger partial charge in [-0.05, 0) is 48.4 Å². The number of benzene rings is 3. The van der Waals surface area contributed by atoms with E-state index in [4.69, 9.17) is 4.98 Å². The molecule has 160 valence electrons. The molecule has 32 heavy (non-hydrogen) atoms. The number of fused-ring (bicyclic) bond motifs is 2. The zero-order chi connectivity index (χ0) is 22.2. The van der Waals surface area contributed by atoms with Crippen molar-refractivity contribution in [2.24, 2.45) is 0 Å². The molecule has 1 aliphatic heterocycles. The lowest BCUT2D eigenvalue weighted by Gasteiger charge is -2.19. The van der Waals surface area contributed by atoms with E-state index in [2.05, 4.69) is 15.9 Å². The summed E-state index contributed by atoms with van der Waals surface area (Å²) in [5.41, 5.74) is 3.56. The number of anilines is 1. The maximum Gasteiger partial charge on any atom is 0.261 e. The number of hydrogen-bond donors (Lipinski definition) is 0. The molecule has 0 fully saturated rings. The molecule has 4 aromatic rings. The minimum absolute atomic E-state index is 0.0343. The average Bonchev–Trinajstić information content (AvgIpc) is 3.05. The number of aromatic nitrogens is 2. The fourth-order valence-corrected chi connectivity index (χ4v) is 4.87. The summed E-state index contributed by atoms with van der Waals surface area (Å²) in [6.45, 7) is 2.95. The van der Waals surface area contributed by atoms with Crippen molar-refractivity contribution in [3.8, 4) is 0 Å². The van der Waals surface area contributed by atoms with E-state index in [-0.39, 0.29) is 11.5 Å². The van der Waals surface area contributed by atoms with E-state index in [0.29, 0.717) is 36.2 Å². The van der Waals surface area contributed by atoms with Gasteiger partial charge in [0.2, 0.25) is 5.91 Å². The van der Waals surface area contributed by atoms with Crippen LogP contribution in [0.5, 0.6) is 0 Å². The second-order valence-electron chi connectivity index (χ2n) is 7.96. The molecule has 0 radical (unpaired) electrons. The Morgan fingerprint density at radius 1 is 0.969 bits per heavy atom. The van der Waals surface area contributed by atoms with Crippen molar-refractivity contribution in [2.45, 2.75) is 32.4 Å². The van der Waals surface area contributed by atoms with Crippen LogP contribution in [-0.2, 0) is 24.3 Å². The van der Waals surface area contributed by atoms with E-state index < -0.39 is 5.92 Å². The van der Waals surface area contributed by atoms with Gasteiger partial charge in [-0.25, -0.2) is 4.98 Å². The Hall–Kier alpha value is -3.25. The molecule has 0 saturated heterocycles. The number of carbonyl (C=O) groups is 1. The summed E-state index contributed by atoms with van der Waals surface area (Å²) in [5, 5.41) is 0.602. The van der Waals surface area contributed by atoms with Crippen molar-refractivity contribution in [1.82, 2.24) is 9.55 Å². The highest BCUT2D eigenvalue weighted by Crippen LogP contribution is 2.41. The number of nitrogens with zero attached hydrogens (tertiary/aromatic N) is 3. The fourth-order valence-electron chi connectivity index (χ4n) is 4.50. The van der Waals surface area contributed by atoms with Crippen LogP contribution in [0, 0.1) is 0 Å². The van der Waals surface area contributed by atoms with Gasteiger partial charge in [0.25, 0.3) is 5.56 Å².